The van der Waals surface area contributed by atoms with Crippen molar-refractivity contribution in [1.29, 1.82) is 0 Å². The van der Waals surface area contributed by atoms with Crippen LogP contribution in [0.25, 0.3) is 11.0 Å². The number of benzene rings is 2. The number of hydrogen-bond acceptors (Lipinski definition) is 9. The molecule has 2 heterocycles. The monoisotopic (exact) mass is 473 g/mol. The molecule has 3 N–H and O–H groups in total. The molecule has 0 unspecified atom stereocenters. The second-order valence-corrected chi connectivity index (χ2v) is 8.73. The third kappa shape index (κ3) is 4.43. The first-order chi connectivity index (χ1) is 15.9. The summed E-state index contributed by atoms with van der Waals surface area (Å²) < 4.78 is 51.7. The van der Waals surface area contributed by atoms with E-state index in [2.05, 4.69) is 15.0 Å². The highest BCUT2D eigenvalue weighted by atomic mass is 32.2. The maximum atomic E-state index is 13.1. The van der Waals surface area contributed by atoms with Crippen molar-refractivity contribution in [2.45, 2.75) is 18.0 Å². The molecule has 0 saturated carbocycles. The molecule has 0 aliphatic rings. The molecular weight excluding hydrogens is 450 g/mol. The third-order valence-corrected chi connectivity index (χ3v) is 6.34. The Balaban J connectivity index is 1.70. The zero-order valence-electron chi connectivity index (χ0n) is 18.2. The molecule has 11 nitrogen and oxygen atoms in total. The van der Waals surface area contributed by atoms with Crippen LogP contribution in [-0.2, 0) is 23.1 Å². The second kappa shape index (κ2) is 9.00. The van der Waals surface area contributed by atoms with E-state index in [1.807, 2.05) is 6.20 Å². The van der Waals surface area contributed by atoms with Crippen molar-refractivity contribution in [3.8, 4) is 17.2 Å². The summed E-state index contributed by atoms with van der Waals surface area (Å²) >= 11 is 0. The van der Waals surface area contributed by atoms with Crippen LogP contribution in [0.5, 0.6) is 17.2 Å². The minimum atomic E-state index is -4.09. The van der Waals surface area contributed by atoms with Crippen molar-refractivity contribution in [2.24, 2.45) is 5.73 Å². The number of nitrogens with zero attached hydrogens (tertiary/aromatic N) is 3. The molecule has 4 rings (SSSR count). The molecule has 0 saturated heterocycles. The number of fused-ring (bicyclic) bond motifs is 1. The van der Waals surface area contributed by atoms with E-state index in [9.17, 15) is 8.42 Å². The molecule has 33 heavy (non-hydrogen) atoms. The van der Waals surface area contributed by atoms with Crippen LogP contribution < -0.4 is 24.7 Å². The molecule has 0 fully saturated rings. The topological polar surface area (TPSA) is 144 Å². The van der Waals surface area contributed by atoms with Gasteiger partial charge in [-0.3, -0.25) is 9.40 Å². The minimum Gasteiger partial charge on any atom is -0.497 e. The van der Waals surface area contributed by atoms with E-state index in [4.69, 9.17) is 24.5 Å². The van der Waals surface area contributed by atoms with Crippen LogP contribution in [0, 0.1) is 0 Å². The average molecular weight is 474 g/mol. The number of nitrogens with two attached hydrogens (primary N) is 1. The van der Waals surface area contributed by atoms with E-state index in [-0.39, 0.29) is 16.5 Å². The van der Waals surface area contributed by atoms with Crippen molar-refractivity contribution in [1.82, 2.24) is 14.9 Å². The second-order valence-electron chi connectivity index (χ2n) is 7.07. The van der Waals surface area contributed by atoms with E-state index in [1.165, 1.54) is 33.5 Å². The predicted molar refractivity (Wildman–Crippen MR) is 120 cm³/mol. The SMILES string of the molecule is COc1ccc(OC)c(S(=O)(=O)Nc2noc3cc(Cn4cc(CN)cn4)cc(OC)c23)c1. The van der Waals surface area contributed by atoms with Gasteiger partial charge in [0.2, 0.25) is 0 Å². The molecule has 0 bridgehead atoms. The smallest absolute Gasteiger partial charge is 0.266 e. The van der Waals surface area contributed by atoms with Crippen LogP contribution in [0.3, 0.4) is 0 Å². The third-order valence-electron chi connectivity index (χ3n) is 4.98. The number of sulfonamides is 1. The van der Waals surface area contributed by atoms with Crippen LogP contribution in [0.15, 0.2) is 52.1 Å². The number of nitrogens with one attached hydrogen (secondary N) is 1. The van der Waals surface area contributed by atoms with Gasteiger partial charge in [-0.1, -0.05) is 5.16 Å². The number of anilines is 1. The van der Waals surface area contributed by atoms with Crippen LogP contribution in [0.1, 0.15) is 11.1 Å². The molecular formula is C21H23N5O6S. The molecule has 0 aliphatic heterocycles. The van der Waals surface area contributed by atoms with Gasteiger partial charge in [0.25, 0.3) is 10.0 Å². The van der Waals surface area contributed by atoms with Gasteiger partial charge in [-0.05, 0) is 29.8 Å². The van der Waals surface area contributed by atoms with Gasteiger partial charge in [-0.2, -0.15) is 5.10 Å². The van der Waals surface area contributed by atoms with Crippen molar-refractivity contribution in [3.63, 3.8) is 0 Å². The Kier molecular flexibility index (Phi) is 6.11. The fraction of sp³-hybridized carbons (Fsp3) is 0.238. The number of ether oxygens (including phenoxy) is 3. The van der Waals surface area contributed by atoms with Gasteiger partial charge in [0.15, 0.2) is 11.4 Å². The first-order valence-electron chi connectivity index (χ1n) is 9.81. The van der Waals surface area contributed by atoms with Gasteiger partial charge in [0, 0.05) is 24.4 Å². The standard InChI is InChI=1S/C21H23N5O6S/c1-29-15-4-5-16(30-2)19(8-15)33(27,28)25-21-20-17(31-3)6-13(7-18(20)32-24-21)11-26-12-14(9-22)10-23-26/h4-8,10,12H,9,11,22H2,1-3H3,(H,24,25). The van der Waals surface area contributed by atoms with E-state index in [1.54, 1.807) is 29.1 Å². The quantitative estimate of drug-likeness (QED) is 0.374. The van der Waals surface area contributed by atoms with Crippen molar-refractivity contribution >= 4 is 26.8 Å². The van der Waals surface area contributed by atoms with Gasteiger partial charge >= 0.3 is 0 Å². The van der Waals surface area contributed by atoms with Crippen LogP contribution in [0.2, 0.25) is 0 Å². The maximum absolute atomic E-state index is 13.1. The largest absolute Gasteiger partial charge is 0.497 e. The number of aromatic nitrogens is 3. The van der Waals surface area contributed by atoms with Crippen molar-refractivity contribution in [3.05, 3.63) is 53.9 Å². The zero-order valence-corrected chi connectivity index (χ0v) is 19.0. The molecule has 0 radical (unpaired) electrons. The zero-order chi connectivity index (χ0) is 23.6. The highest BCUT2D eigenvalue weighted by molar-refractivity contribution is 7.92. The van der Waals surface area contributed by atoms with Crippen LogP contribution in [-0.4, -0.2) is 44.7 Å². The molecule has 0 amide bonds. The summed E-state index contributed by atoms with van der Waals surface area (Å²) in [4.78, 5) is -0.106. The first-order valence-corrected chi connectivity index (χ1v) is 11.3. The number of methoxy groups -OCH3 is 3. The lowest BCUT2D eigenvalue weighted by molar-refractivity contribution is 0.392. The Morgan fingerprint density at radius 2 is 1.85 bits per heavy atom. The predicted octanol–water partition coefficient (Wildman–Crippen LogP) is 2.36. The lowest BCUT2D eigenvalue weighted by atomic mass is 10.1. The first kappa shape index (κ1) is 22.4. The highest BCUT2D eigenvalue weighted by Gasteiger charge is 2.25. The Morgan fingerprint density at radius 1 is 1.06 bits per heavy atom. The molecule has 0 atom stereocenters. The van der Waals surface area contributed by atoms with Crippen molar-refractivity contribution < 1.29 is 27.2 Å². The molecule has 4 aromatic rings. The molecule has 2 aromatic carbocycles. The summed E-state index contributed by atoms with van der Waals surface area (Å²) in [5.41, 5.74) is 7.73. The van der Waals surface area contributed by atoms with Gasteiger partial charge < -0.3 is 24.5 Å². The van der Waals surface area contributed by atoms with E-state index in [0.717, 1.165) is 11.1 Å². The molecule has 174 valence electrons. The summed E-state index contributed by atoms with van der Waals surface area (Å²) in [6.07, 6.45) is 3.54. The van der Waals surface area contributed by atoms with Gasteiger partial charge in [-0.15, -0.1) is 0 Å². The normalized spacial score (nSPS) is 11.5. The Hall–Kier alpha value is -3.77. The lowest BCUT2D eigenvalue weighted by Gasteiger charge is -2.12. The molecule has 0 aliphatic carbocycles. The van der Waals surface area contributed by atoms with Gasteiger partial charge in [0.05, 0.1) is 34.1 Å². The summed E-state index contributed by atoms with van der Waals surface area (Å²) in [6.45, 7) is 0.834. The number of rotatable bonds is 9. The summed E-state index contributed by atoms with van der Waals surface area (Å²) in [5, 5.41) is 8.58. The fourth-order valence-corrected chi connectivity index (χ4v) is 4.56. The Labute approximate surface area is 190 Å². The van der Waals surface area contributed by atoms with Gasteiger partial charge in [0.1, 0.15) is 27.5 Å². The summed E-state index contributed by atoms with van der Waals surface area (Å²) in [5.74, 6) is 0.897. The molecule has 12 heteroatoms. The molecule has 0 spiro atoms. The highest BCUT2D eigenvalue weighted by Crippen LogP contribution is 2.36. The van der Waals surface area contributed by atoms with E-state index in [0.29, 0.717) is 35.6 Å². The molecule has 2 aromatic heterocycles. The minimum absolute atomic E-state index is 0.0113. The van der Waals surface area contributed by atoms with E-state index >= 15 is 0 Å². The van der Waals surface area contributed by atoms with Crippen LogP contribution >= 0.6 is 0 Å². The van der Waals surface area contributed by atoms with Gasteiger partial charge in [-0.25, -0.2) is 8.42 Å². The Bertz CT molecular complexity index is 1400. The Morgan fingerprint density at radius 3 is 2.52 bits per heavy atom. The number of hydrogen-bond donors (Lipinski definition) is 2. The fourth-order valence-electron chi connectivity index (χ4n) is 3.37. The summed E-state index contributed by atoms with van der Waals surface area (Å²) in [6, 6.07) is 7.99. The lowest BCUT2D eigenvalue weighted by Crippen LogP contribution is -2.14. The maximum Gasteiger partial charge on any atom is 0.266 e. The summed E-state index contributed by atoms with van der Waals surface area (Å²) in [7, 11) is 0.214. The van der Waals surface area contributed by atoms with Crippen LogP contribution in [0.4, 0.5) is 5.82 Å². The van der Waals surface area contributed by atoms with E-state index < -0.39 is 10.0 Å². The average Bonchev–Trinajstić information content (AvgIpc) is 3.44. The van der Waals surface area contributed by atoms with Crippen molar-refractivity contribution in [2.75, 3.05) is 26.1 Å².